The van der Waals surface area contributed by atoms with Crippen molar-refractivity contribution >= 4 is 21.4 Å². The van der Waals surface area contributed by atoms with Gasteiger partial charge in [0, 0.05) is 23.9 Å². The first-order valence-electron chi connectivity index (χ1n) is 6.99. The SMILES string of the molecule is CCCS(=O)(=O)NCCc1csc(-c2cccc(C)c2)n1. The normalized spacial score (nSPS) is 11.7. The summed E-state index contributed by atoms with van der Waals surface area (Å²) >= 11 is 1.59. The van der Waals surface area contributed by atoms with Crippen LogP contribution in [0.1, 0.15) is 24.6 Å². The summed E-state index contributed by atoms with van der Waals surface area (Å²) in [4.78, 5) is 4.57. The Balaban J connectivity index is 1.95. The maximum absolute atomic E-state index is 11.6. The van der Waals surface area contributed by atoms with Gasteiger partial charge in [-0.25, -0.2) is 18.1 Å². The number of sulfonamides is 1. The van der Waals surface area contributed by atoms with E-state index in [4.69, 9.17) is 0 Å². The minimum Gasteiger partial charge on any atom is -0.241 e. The van der Waals surface area contributed by atoms with E-state index >= 15 is 0 Å². The number of hydrogen-bond donors (Lipinski definition) is 1. The molecule has 0 radical (unpaired) electrons. The van der Waals surface area contributed by atoms with Crippen LogP contribution in [-0.4, -0.2) is 25.7 Å². The van der Waals surface area contributed by atoms with Gasteiger partial charge in [0.25, 0.3) is 0 Å². The van der Waals surface area contributed by atoms with Gasteiger partial charge in [0.2, 0.25) is 10.0 Å². The van der Waals surface area contributed by atoms with Gasteiger partial charge >= 0.3 is 0 Å². The lowest BCUT2D eigenvalue weighted by Gasteiger charge is -2.03. The zero-order valence-corrected chi connectivity index (χ0v) is 13.9. The number of aromatic nitrogens is 1. The number of rotatable bonds is 7. The van der Waals surface area contributed by atoms with Gasteiger partial charge < -0.3 is 0 Å². The van der Waals surface area contributed by atoms with Gasteiger partial charge in [-0.15, -0.1) is 11.3 Å². The first-order chi connectivity index (χ1) is 10.00. The van der Waals surface area contributed by atoms with E-state index in [1.165, 1.54) is 5.56 Å². The largest absolute Gasteiger partial charge is 0.241 e. The van der Waals surface area contributed by atoms with Crippen molar-refractivity contribution in [2.45, 2.75) is 26.7 Å². The van der Waals surface area contributed by atoms with E-state index in [9.17, 15) is 8.42 Å². The molecule has 0 aliphatic carbocycles. The van der Waals surface area contributed by atoms with Crippen LogP contribution < -0.4 is 4.72 Å². The average Bonchev–Trinajstić information content (AvgIpc) is 2.87. The standard InChI is InChI=1S/C15H20N2O2S2/c1-3-9-21(18,19)16-8-7-14-11-20-15(17-14)13-6-4-5-12(2)10-13/h4-6,10-11,16H,3,7-9H2,1-2H3. The second-order valence-electron chi connectivity index (χ2n) is 4.98. The van der Waals surface area contributed by atoms with Crippen molar-refractivity contribution in [2.24, 2.45) is 0 Å². The molecule has 0 saturated heterocycles. The summed E-state index contributed by atoms with van der Waals surface area (Å²) in [6.07, 6.45) is 1.24. The minimum absolute atomic E-state index is 0.179. The van der Waals surface area contributed by atoms with Gasteiger partial charge in [-0.1, -0.05) is 30.7 Å². The van der Waals surface area contributed by atoms with Crippen molar-refractivity contribution in [2.75, 3.05) is 12.3 Å². The van der Waals surface area contributed by atoms with Gasteiger partial charge in [-0.05, 0) is 19.4 Å². The van der Waals surface area contributed by atoms with Crippen molar-refractivity contribution in [3.05, 3.63) is 40.9 Å². The van der Waals surface area contributed by atoms with E-state index in [0.29, 0.717) is 19.4 Å². The number of benzene rings is 1. The molecular weight excluding hydrogens is 304 g/mol. The third-order valence-electron chi connectivity index (χ3n) is 2.99. The average molecular weight is 324 g/mol. The van der Waals surface area contributed by atoms with Crippen molar-refractivity contribution in [1.29, 1.82) is 0 Å². The Bertz CT molecular complexity index is 693. The summed E-state index contributed by atoms with van der Waals surface area (Å²) in [6, 6.07) is 8.22. The molecule has 6 heteroatoms. The molecule has 0 amide bonds. The Morgan fingerprint density at radius 3 is 2.86 bits per heavy atom. The molecule has 0 atom stereocenters. The van der Waals surface area contributed by atoms with Crippen LogP contribution in [-0.2, 0) is 16.4 Å². The Labute approximate surface area is 130 Å². The quantitative estimate of drug-likeness (QED) is 0.852. The molecule has 1 aromatic carbocycles. The van der Waals surface area contributed by atoms with Gasteiger partial charge in [0.1, 0.15) is 5.01 Å². The summed E-state index contributed by atoms with van der Waals surface area (Å²) in [5.41, 5.74) is 3.24. The van der Waals surface area contributed by atoms with Gasteiger partial charge in [-0.2, -0.15) is 0 Å². The molecule has 2 rings (SSSR count). The van der Waals surface area contributed by atoms with E-state index in [2.05, 4.69) is 28.8 Å². The predicted molar refractivity (Wildman–Crippen MR) is 88.1 cm³/mol. The van der Waals surface area contributed by atoms with Crippen LogP contribution in [0.15, 0.2) is 29.6 Å². The molecule has 0 aliphatic heterocycles. The van der Waals surface area contributed by atoms with Crippen LogP contribution in [0.5, 0.6) is 0 Å². The molecule has 0 aliphatic rings. The van der Waals surface area contributed by atoms with Crippen molar-refractivity contribution < 1.29 is 8.42 Å². The Hall–Kier alpha value is -1.24. The van der Waals surface area contributed by atoms with Gasteiger partial charge in [-0.3, -0.25) is 0 Å². The third-order valence-corrected chi connectivity index (χ3v) is 5.52. The van der Waals surface area contributed by atoms with Crippen LogP contribution in [0.25, 0.3) is 10.6 Å². The highest BCUT2D eigenvalue weighted by atomic mass is 32.2. The molecule has 4 nitrogen and oxygen atoms in total. The highest BCUT2D eigenvalue weighted by Gasteiger charge is 2.09. The number of hydrogen-bond acceptors (Lipinski definition) is 4. The minimum atomic E-state index is -3.13. The maximum atomic E-state index is 11.6. The second kappa shape index (κ2) is 7.15. The Morgan fingerprint density at radius 2 is 2.14 bits per heavy atom. The first kappa shape index (κ1) is 16.1. The van der Waals surface area contributed by atoms with Crippen molar-refractivity contribution in [1.82, 2.24) is 9.71 Å². The van der Waals surface area contributed by atoms with Crippen LogP contribution in [0.4, 0.5) is 0 Å². The highest BCUT2D eigenvalue weighted by molar-refractivity contribution is 7.89. The molecule has 0 fully saturated rings. The Morgan fingerprint density at radius 1 is 1.33 bits per heavy atom. The zero-order chi connectivity index (χ0) is 15.3. The lowest BCUT2D eigenvalue weighted by Crippen LogP contribution is -2.28. The molecule has 2 aromatic rings. The van der Waals surface area contributed by atoms with E-state index in [1.807, 2.05) is 24.4 Å². The van der Waals surface area contributed by atoms with E-state index in [1.54, 1.807) is 11.3 Å². The summed E-state index contributed by atoms with van der Waals surface area (Å²) in [7, 11) is -3.13. The fourth-order valence-electron chi connectivity index (χ4n) is 2.01. The molecular formula is C15H20N2O2S2. The topological polar surface area (TPSA) is 59.1 Å². The van der Waals surface area contributed by atoms with Gasteiger partial charge in [0.15, 0.2) is 0 Å². The molecule has 114 valence electrons. The second-order valence-corrected chi connectivity index (χ2v) is 7.76. The number of aryl methyl sites for hydroxylation is 1. The molecule has 1 N–H and O–H groups in total. The van der Waals surface area contributed by atoms with Crippen LogP contribution in [0.3, 0.4) is 0 Å². The third kappa shape index (κ3) is 4.91. The summed E-state index contributed by atoms with van der Waals surface area (Å²) in [6.45, 7) is 4.31. The van der Waals surface area contributed by atoms with Crippen LogP contribution >= 0.6 is 11.3 Å². The molecule has 1 heterocycles. The molecule has 0 saturated carbocycles. The number of thiazole rings is 1. The van der Waals surface area contributed by atoms with Gasteiger partial charge in [0.05, 0.1) is 11.4 Å². The fourth-order valence-corrected chi connectivity index (χ4v) is 3.95. The fraction of sp³-hybridized carbons (Fsp3) is 0.400. The molecule has 1 aromatic heterocycles. The first-order valence-corrected chi connectivity index (χ1v) is 9.52. The molecule has 0 spiro atoms. The smallest absolute Gasteiger partial charge is 0.211 e. The monoisotopic (exact) mass is 324 g/mol. The van der Waals surface area contributed by atoms with E-state index in [0.717, 1.165) is 16.3 Å². The zero-order valence-electron chi connectivity index (χ0n) is 12.3. The summed E-state index contributed by atoms with van der Waals surface area (Å²) in [5, 5.41) is 2.97. The maximum Gasteiger partial charge on any atom is 0.211 e. The Kier molecular flexibility index (Phi) is 5.50. The predicted octanol–water partition coefficient (Wildman–Crippen LogP) is 2.99. The van der Waals surface area contributed by atoms with Crippen molar-refractivity contribution in [3.63, 3.8) is 0 Å². The number of nitrogens with zero attached hydrogens (tertiary/aromatic N) is 1. The van der Waals surface area contributed by atoms with E-state index < -0.39 is 10.0 Å². The highest BCUT2D eigenvalue weighted by Crippen LogP contribution is 2.24. The molecule has 0 bridgehead atoms. The summed E-state index contributed by atoms with van der Waals surface area (Å²) in [5.74, 6) is 0.179. The lowest BCUT2D eigenvalue weighted by molar-refractivity contribution is 0.580. The molecule has 0 unspecified atom stereocenters. The van der Waals surface area contributed by atoms with E-state index in [-0.39, 0.29) is 5.75 Å². The molecule has 21 heavy (non-hydrogen) atoms. The van der Waals surface area contributed by atoms with Crippen LogP contribution in [0.2, 0.25) is 0 Å². The van der Waals surface area contributed by atoms with Crippen LogP contribution in [0, 0.1) is 6.92 Å². The van der Waals surface area contributed by atoms with Crippen molar-refractivity contribution in [3.8, 4) is 10.6 Å². The lowest BCUT2D eigenvalue weighted by atomic mass is 10.1. The summed E-state index contributed by atoms with van der Waals surface area (Å²) < 4.78 is 25.7. The number of nitrogens with one attached hydrogen (secondary N) is 1.